The molecule has 0 spiro atoms. The summed E-state index contributed by atoms with van der Waals surface area (Å²) in [5.74, 6) is -1.21. The maximum Gasteiger partial charge on any atom is 0.317 e. The minimum Gasteiger partial charge on any atom is -0.481 e. The lowest BCUT2D eigenvalue weighted by atomic mass is 9.99. The van der Waals surface area contributed by atoms with E-state index < -0.39 is 11.9 Å². The number of amides is 2. The topological polar surface area (TPSA) is 84.9 Å². The second-order valence-electron chi connectivity index (χ2n) is 5.80. The van der Waals surface area contributed by atoms with E-state index in [1.807, 2.05) is 0 Å². The minimum atomic E-state index is -0.800. The van der Waals surface area contributed by atoms with E-state index in [0.29, 0.717) is 26.1 Å². The molecule has 2 aliphatic rings. The Hall–Kier alpha value is -1.34. The summed E-state index contributed by atoms with van der Waals surface area (Å²) >= 11 is 0. The van der Waals surface area contributed by atoms with Crippen molar-refractivity contribution in [1.82, 2.24) is 20.4 Å². The van der Waals surface area contributed by atoms with E-state index in [2.05, 4.69) is 15.5 Å². The molecule has 0 saturated carbocycles. The lowest BCUT2D eigenvalue weighted by Crippen LogP contribution is -2.48. The minimum absolute atomic E-state index is 0.124. The van der Waals surface area contributed by atoms with Crippen molar-refractivity contribution in [2.45, 2.75) is 19.3 Å². The molecule has 0 radical (unpaired) electrons. The van der Waals surface area contributed by atoms with Crippen LogP contribution in [-0.4, -0.2) is 79.3 Å². The second kappa shape index (κ2) is 8.19. The van der Waals surface area contributed by atoms with E-state index in [9.17, 15) is 9.59 Å². The number of carboxylic acids is 1. The number of piperazine rings is 1. The summed E-state index contributed by atoms with van der Waals surface area (Å²) in [4.78, 5) is 27.0. The lowest BCUT2D eigenvalue weighted by Gasteiger charge is -2.31. The van der Waals surface area contributed by atoms with Gasteiger partial charge in [0.15, 0.2) is 0 Å². The third kappa shape index (κ3) is 5.17. The van der Waals surface area contributed by atoms with E-state index in [-0.39, 0.29) is 6.03 Å². The van der Waals surface area contributed by atoms with Gasteiger partial charge in [0, 0.05) is 45.8 Å². The molecule has 2 aliphatic heterocycles. The highest BCUT2D eigenvalue weighted by Crippen LogP contribution is 2.16. The van der Waals surface area contributed by atoms with E-state index in [1.54, 1.807) is 4.90 Å². The van der Waals surface area contributed by atoms with Crippen molar-refractivity contribution in [3.63, 3.8) is 0 Å². The van der Waals surface area contributed by atoms with Crippen LogP contribution in [0, 0.1) is 5.92 Å². The maximum absolute atomic E-state index is 12.0. The standard InChI is InChI=1S/C14H26N4O3/c19-13(20)12-3-1-8-18(11-12)14(21)16-4-2-7-17-9-5-15-6-10-17/h12,15H,1-11H2,(H,16,21)(H,19,20). The van der Waals surface area contributed by atoms with Gasteiger partial charge in [0.2, 0.25) is 0 Å². The Balaban J connectivity index is 1.61. The first-order valence-corrected chi connectivity index (χ1v) is 7.85. The molecule has 0 aromatic heterocycles. The highest BCUT2D eigenvalue weighted by atomic mass is 16.4. The Morgan fingerprint density at radius 3 is 2.71 bits per heavy atom. The number of carboxylic acid groups (broad SMARTS) is 1. The van der Waals surface area contributed by atoms with Crippen molar-refractivity contribution in [2.24, 2.45) is 5.92 Å². The molecule has 1 unspecified atom stereocenters. The van der Waals surface area contributed by atoms with Gasteiger partial charge in [0.05, 0.1) is 5.92 Å². The molecule has 2 amide bonds. The molecule has 2 heterocycles. The predicted molar refractivity (Wildman–Crippen MR) is 79.3 cm³/mol. The molecule has 0 aliphatic carbocycles. The molecule has 120 valence electrons. The number of rotatable bonds is 5. The van der Waals surface area contributed by atoms with Crippen LogP contribution in [0.25, 0.3) is 0 Å². The van der Waals surface area contributed by atoms with Gasteiger partial charge in [-0.15, -0.1) is 0 Å². The molecule has 7 heteroatoms. The first kappa shape index (κ1) is 16.0. The molecule has 2 rings (SSSR count). The SMILES string of the molecule is O=C(O)C1CCCN(C(=O)NCCCN2CCNCC2)C1. The van der Waals surface area contributed by atoms with Gasteiger partial charge in [-0.3, -0.25) is 4.79 Å². The first-order chi connectivity index (χ1) is 10.2. The molecule has 0 aromatic rings. The van der Waals surface area contributed by atoms with Gasteiger partial charge in [-0.1, -0.05) is 0 Å². The van der Waals surface area contributed by atoms with Gasteiger partial charge in [0.1, 0.15) is 0 Å². The number of carbonyl (C=O) groups is 2. The number of nitrogens with zero attached hydrogens (tertiary/aromatic N) is 2. The van der Waals surface area contributed by atoms with Crippen molar-refractivity contribution in [3.8, 4) is 0 Å². The van der Waals surface area contributed by atoms with Gasteiger partial charge >= 0.3 is 12.0 Å². The van der Waals surface area contributed by atoms with Crippen LogP contribution in [0.1, 0.15) is 19.3 Å². The highest BCUT2D eigenvalue weighted by molar-refractivity contribution is 5.76. The highest BCUT2D eigenvalue weighted by Gasteiger charge is 2.27. The molecular weight excluding hydrogens is 272 g/mol. The second-order valence-corrected chi connectivity index (χ2v) is 5.80. The third-order valence-corrected chi connectivity index (χ3v) is 4.19. The zero-order valence-electron chi connectivity index (χ0n) is 12.5. The Bertz CT molecular complexity index is 358. The average molecular weight is 298 g/mol. The Labute approximate surface area is 125 Å². The number of nitrogens with one attached hydrogen (secondary N) is 2. The number of urea groups is 1. The number of likely N-dealkylation sites (tertiary alicyclic amines) is 1. The summed E-state index contributed by atoms with van der Waals surface area (Å²) in [7, 11) is 0. The molecule has 2 fully saturated rings. The average Bonchev–Trinajstić information content (AvgIpc) is 2.52. The van der Waals surface area contributed by atoms with Gasteiger partial charge in [-0.2, -0.15) is 0 Å². The van der Waals surface area contributed by atoms with E-state index >= 15 is 0 Å². The molecular formula is C14H26N4O3. The Morgan fingerprint density at radius 1 is 1.24 bits per heavy atom. The zero-order chi connectivity index (χ0) is 15.1. The van der Waals surface area contributed by atoms with Crippen molar-refractivity contribution in [1.29, 1.82) is 0 Å². The van der Waals surface area contributed by atoms with Crippen LogP contribution in [0.3, 0.4) is 0 Å². The molecule has 3 N–H and O–H groups in total. The van der Waals surface area contributed by atoms with Gasteiger partial charge < -0.3 is 25.5 Å². The van der Waals surface area contributed by atoms with E-state index in [0.717, 1.165) is 45.6 Å². The molecule has 7 nitrogen and oxygen atoms in total. The smallest absolute Gasteiger partial charge is 0.317 e. The Kier molecular flexibility index (Phi) is 6.25. The summed E-state index contributed by atoms with van der Waals surface area (Å²) in [5, 5.41) is 15.2. The fourth-order valence-electron chi connectivity index (χ4n) is 2.91. The maximum atomic E-state index is 12.0. The summed E-state index contributed by atoms with van der Waals surface area (Å²) in [6, 6.07) is -0.124. The quantitative estimate of drug-likeness (QED) is 0.612. The summed E-state index contributed by atoms with van der Waals surface area (Å²) in [6.45, 7) is 6.86. The number of hydrogen-bond donors (Lipinski definition) is 3. The van der Waals surface area contributed by atoms with Crippen molar-refractivity contribution in [3.05, 3.63) is 0 Å². The first-order valence-electron chi connectivity index (χ1n) is 7.85. The number of piperidine rings is 1. The normalized spacial score (nSPS) is 23.8. The monoisotopic (exact) mass is 298 g/mol. The van der Waals surface area contributed by atoms with Crippen LogP contribution in [0.4, 0.5) is 4.79 Å². The van der Waals surface area contributed by atoms with Crippen LogP contribution in [0.15, 0.2) is 0 Å². The largest absolute Gasteiger partial charge is 0.481 e. The lowest BCUT2D eigenvalue weighted by molar-refractivity contribution is -0.143. The fraction of sp³-hybridized carbons (Fsp3) is 0.857. The summed E-state index contributed by atoms with van der Waals surface area (Å²) < 4.78 is 0. The molecule has 2 saturated heterocycles. The van der Waals surface area contributed by atoms with E-state index in [1.165, 1.54) is 0 Å². The number of hydrogen-bond acceptors (Lipinski definition) is 4. The van der Waals surface area contributed by atoms with Crippen LogP contribution < -0.4 is 10.6 Å². The summed E-state index contributed by atoms with van der Waals surface area (Å²) in [5.41, 5.74) is 0. The third-order valence-electron chi connectivity index (χ3n) is 4.19. The fourth-order valence-corrected chi connectivity index (χ4v) is 2.91. The van der Waals surface area contributed by atoms with Crippen LogP contribution in [0.2, 0.25) is 0 Å². The Morgan fingerprint density at radius 2 is 2.00 bits per heavy atom. The molecule has 0 bridgehead atoms. The molecule has 21 heavy (non-hydrogen) atoms. The van der Waals surface area contributed by atoms with Crippen molar-refractivity contribution < 1.29 is 14.7 Å². The number of aliphatic carboxylic acids is 1. The molecule has 0 aromatic carbocycles. The molecule has 1 atom stereocenters. The van der Waals surface area contributed by atoms with Gasteiger partial charge in [-0.25, -0.2) is 4.79 Å². The van der Waals surface area contributed by atoms with Gasteiger partial charge in [0.25, 0.3) is 0 Å². The van der Waals surface area contributed by atoms with Gasteiger partial charge in [-0.05, 0) is 25.8 Å². The van der Waals surface area contributed by atoms with E-state index in [4.69, 9.17) is 5.11 Å². The predicted octanol–water partition coefficient (Wildman–Crippen LogP) is -0.212. The van der Waals surface area contributed by atoms with Crippen LogP contribution in [-0.2, 0) is 4.79 Å². The van der Waals surface area contributed by atoms with Crippen molar-refractivity contribution >= 4 is 12.0 Å². The number of carbonyl (C=O) groups excluding carboxylic acids is 1. The summed E-state index contributed by atoms with van der Waals surface area (Å²) in [6.07, 6.45) is 2.37. The van der Waals surface area contributed by atoms with Crippen LogP contribution in [0.5, 0.6) is 0 Å². The van der Waals surface area contributed by atoms with Crippen LogP contribution >= 0.6 is 0 Å². The van der Waals surface area contributed by atoms with Crippen molar-refractivity contribution in [2.75, 3.05) is 52.4 Å². The zero-order valence-corrected chi connectivity index (χ0v) is 12.5.